The van der Waals surface area contributed by atoms with Crippen LogP contribution in [0.25, 0.3) is 10.2 Å². The quantitative estimate of drug-likeness (QED) is 0.563. The van der Waals surface area contributed by atoms with Crippen LogP contribution in [0.4, 0.5) is 0 Å². The molecule has 2 heterocycles. The first-order chi connectivity index (χ1) is 12.7. The number of likely N-dealkylation sites (tertiary alicyclic amines) is 1. The Morgan fingerprint density at radius 1 is 1.15 bits per heavy atom. The maximum Gasteiger partial charge on any atom is 0.134 e. The molecule has 0 radical (unpaired) electrons. The van der Waals surface area contributed by atoms with Gasteiger partial charge in [-0.15, -0.1) is 23.1 Å². The summed E-state index contributed by atoms with van der Waals surface area (Å²) in [5, 5.41) is 1.06. The minimum absolute atomic E-state index is 0.0899. The van der Waals surface area contributed by atoms with Gasteiger partial charge in [-0.3, -0.25) is 0 Å². The molecule has 1 aliphatic rings. The third-order valence-corrected chi connectivity index (χ3v) is 6.73. The number of aromatic nitrogens is 1. The molecule has 3 aromatic rings. The number of ether oxygens (including phenoxy) is 1. The van der Waals surface area contributed by atoms with Gasteiger partial charge in [0, 0.05) is 18.0 Å². The SMILES string of the molecule is CSc1cccc(C(OC2CCN(C)CC2)c2nc3ccccc3s2)c1. The van der Waals surface area contributed by atoms with Crippen LogP contribution in [0, 0.1) is 0 Å². The highest BCUT2D eigenvalue weighted by atomic mass is 32.2. The van der Waals surface area contributed by atoms with Gasteiger partial charge in [-0.1, -0.05) is 24.3 Å². The fraction of sp³-hybridized carbons (Fsp3) is 0.381. The van der Waals surface area contributed by atoms with Crippen molar-refractivity contribution in [3.63, 3.8) is 0 Å². The summed E-state index contributed by atoms with van der Waals surface area (Å²) in [5.41, 5.74) is 2.26. The molecule has 1 saturated heterocycles. The molecule has 3 nitrogen and oxygen atoms in total. The average Bonchev–Trinajstić information content (AvgIpc) is 3.11. The molecular formula is C21H24N2OS2. The normalized spacial score (nSPS) is 17.6. The molecule has 0 amide bonds. The van der Waals surface area contributed by atoms with Gasteiger partial charge in [0.1, 0.15) is 11.1 Å². The second kappa shape index (κ2) is 8.09. The van der Waals surface area contributed by atoms with Crippen LogP contribution < -0.4 is 0 Å². The van der Waals surface area contributed by atoms with Gasteiger partial charge in [0.05, 0.1) is 16.3 Å². The van der Waals surface area contributed by atoms with E-state index < -0.39 is 0 Å². The molecule has 2 aromatic carbocycles. The Kier molecular flexibility index (Phi) is 5.60. The molecule has 1 fully saturated rings. The molecule has 0 spiro atoms. The lowest BCUT2D eigenvalue weighted by molar-refractivity contribution is -0.0235. The third kappa shape index (κ3) is 3.96. The molecule has 1 unspecified atom stereocenters. The van der Waals surface area contributed by atoms with Gasteiger partial charge in [-0.2, -0.15) is 0 Å². The number of hydrogen-bond donors (Lipinski definition) is 0. The van der Waals surface area contributed by atoms with Crippen LogP contribution >= 0.6 is 23.1 Å². The standard InChI is InChI=1S/C21H24N2OS2/c1-23-12-10-16(11-13-23)24-20(15-6-5-7-17(14-15)25-2)21-22-18-8-3-4-9-19(18)26-21/h3-9,14,16,20H,10-13H2,1-2H3. The van der Waals surface area contributed by atoms with E-state index in [0.29, 0.717) is 6.10 Å². The second-order valence-corrected chi connectivity index (χ2v) is 8.76. The fourth-order valence-electron chi connectivity index (χ4n) is 3.40. The fourth-order valence-corrected chi connectivity index (χ4v) is 4.90. The van der Waals surface area contributed by atoms with E-state index >= 15 is 0 Å². The van der Waals surface area contributed by atoms with Crippen LogP contribution in [0.5, 0.6) is 0 Å². The Balaban J connectivity index is 1.68. The summed E-state index contributed by atoms with van der Waals surface area (Å²) in [6, 6.07) is 17.0. The number of para-hydroxylation sites is 1. The maximum atomic E-state index is 6.65. The van der Waals surface area contributed by atoms with Gasteiger partial charge in [0.2, 0.25) is 0 Å². The van der Waals surface area contributed by atoms with Crippen LogP contribution in [-0.2, 0) is 4.74 Å². The number of piperidine rings is 1. The third-order valence-electron chi connectivity index (χ3n) is 4.93. The van der Waals surface area contributed by atoms with Gasteiger partial charge in [-0.25, -0.2) is 4.98 Å². The van der Waals surface area contributed by atoms with Crippen LogP contribution in [0.1, 0.15) is 29.5 Å². The van der Waals surface area contributed by atoms with Crippen molar-refractivity contribution < 1.29 is 4.74 Å². The second-order valence-electron chi connectivity index (χ2n) is 6.82. The van der Waals surface area contributed by atoms with Crippen molar-refractivity contribution in [3.8, 4) is 0 Å². The molecule has 5 heteroatoms. The lowest BCUT2D eigenvalue weighted by Crippen LogP contribution is -2.35. The molecule has 0 N–H and O–H groups in total. The Labute approximate surface area is 163 Å². The summed E-state index contributed by atoms with van der Waals surface area (Å²) < 4.78 is 7.88. The lowest BCUT2D eigenvalue weighted by atomic mass is 10.1. The van der Waals surface area contributed by atoms with Gasteiger partial charge >= 0.3 is 0 Å². The summed E-state index contributed by atoms with van der Waals surface area (Å²) in [4.78, 5) is 8.54. The molecule has 0 saturated carbocycles. The van der Waals surface area contributed by atoms with Crippen molar-refractivity contribution in [2.45, 2.75) is 29.9 Å². The van der Waals surface area contributed by atoms with Gasteiger partial charge in [-0.05, 0) is 56.0 Å². The van der Waals surface area contributed by atoms with Crippen molar-refractivity contribution in [1.29, 1.82) is 0 Å². The first-order valence-corrected chi connectivity index (χ1v) is 11.1. The smallest absolute Gasteiger partial charge is 0.134 e. The van der Waals surface area contributed by atoms with Crippen LogP contribution in [0.15, 0.2) is 53.4 Å². The first-order valence-electron chi connectivity index (χ1n) is 9.06. The monoisotopic (exact) mass is 384 g/mol. The Hall–Kier alpha value is -1.40. The lowest BCUT2D eigenvalue weighted by Gasteiger charge is -2.31. The van der Waals surface area contributed by atoms with Crippen molar-refractivity contribution in [3.05, 3.63) is 59.1 Å². The molecule has 0 aliphatic carbocycles. The van der Waals surface area contributed by atoms with Crippen LogP contribution in [-0.4, -0.2) is 42.4 Å². The summed E-state index contributed by atoms with van der Waals surface area (Å²) in [6.07, 6.45) is 4.48. The van der Waals surface area contributed by atoms with Crippen molar-refractivity contribution in [1.82, 2.24) is 9.88 Å². The number of rotatable bonds is 5. The predicted octanol–water partition coefficient (Wildman–Crippen LogP) is 5.22. The Morgan fingerprint density at radius 3 is 2.73 bits per heavy atom. The maximum absolute atomic E-state index is 6.65. The van der Waals surface area contributed by atoms with E-state index in [4.69, 9.17) is 9.72 Å². The number of benzene rings is 2. The zero-order chi connectivity index (χ0) is 17.9. The Morgan fingerprint density at radius 2 is 1.96 bits per heavy atom. The van der Waals surface area contributed by atoms with E-state index in [0.717, 1.165) is 36.5 Å². The molecule has 26 heavy (non-hydrogen) atoms. The van der Waals surface area contributed by atoms with E-state index in [-0.39, 0.29) is 6.10 Å². The van der Waals surface area contributed by atoms with Gasteiger partial charge in [0.25, 0.3) is 0 Å². The highest BCUT2D eigenvalue weighted by Crippen LogP contribution is 2.36. The van der Waals surface area contributed by atoms with E-state index in [1.54, 1.807) is 23.1 Å². The van der Waals surface area contributed by atoms with Crippen molar-refractivity contribution in [2.24, 2.45) is 0 Å². The minimum Gasteiger partial charge on any atom is -0.363 e. The molecule has 0 bridgehead atoms. The zero-order valence-corrected chi connectivity index (χ0v) is 16.9. The minimum atomic E-state index is -0.0899. The van der Waals surface area contributed by atoms with E-state index in [1.807, 2.05) is 6.07 Å². The largest absolute Gasteiger partial charge is 0.363 e. The first kappa shape index (κ1) is 18.0. The van der Waals surface area contributed by atoms with E-state index in [9.17, 15) is 0 Å². The van der Waals surface area contributed by atoms with E-state index in [2.05, 4.69) is 60.7 Å². The molecule has 1 aromatic heterocycles. The van der Waals surface area contributed by atoms with Crippen molar-refractivity contribution in [2.75, 3.05) is 26.4 Å². The van der Waals surface area contributed by atoms with Crippen LogP contribution in [0.3, 0.4) is 0 Å². The highest BCUT2D eigenvalue weighted by Gasteiger charge is 2.26. The van der Waals surface area contributed by atoms with Gasteiger partial charge in [0.15, 0.2) is 0 Å². The summed E-state index contributed by atoms with van der Waals surface area (Å²) in [7, 11) is 2.18. The number of hydrogen-bond acceptors (Lipinski definition) is 5. The predicted molar refractivity (Wildman–Crippen MR) is 111 cm³/mol. The number of fused-ring (bicyclic) bond motifs is 1. The number of thioether (sulfide) groups is 1. The Bertz CT molecular complexity index is 838. The number of thiazole rings is 1. The summed E-state index contributed by atoms with van der Waals surface area (Å²) in [6.45, 7) is 2.20. The van der Waals surface area contributed by atoms with Crippen molar-refractivity contribution >= 4 is 33.3 Å². The topological polar surface area (TPSA) is 25.4 Å². The molecule has 4 rings (SSSR count). The number of nitrogens with zero attached hydrogens (tertiary/aromatic N) is 2. The highest BCUT2D eigenvalue weighted by molar-refractivity contribution is 7.98. The zero-order valence-electron chi connectivity index (χ0n) is 15.2. The molecule has 1 aliphatic heterocycles. The van der Waals surface area contributed by atoms with Gasteiger partial charge < -0.3 is 9.64 Å². The molecular weight excluding hydrogens is 360 g/mol. The molecule has 136 valence electrons. The van der Waals surface area contributed by atoms with E-state index in [1.165, 1.54) is 15.2 Å². The average molecular weight is 385 g/mol. The molecule has 1 atom stereocenters. The summed E-state index contributed by atoms with van der Waals surface area (Å²) in [5.74, 6) is 0. The summed E-state index contributed by atoms with van der Waals surface area (Å²) >= 11 is 3.52. The van der Waals surface area contributed by atoms with Crippen LogP contribution in [0.2, 0.25) is 0 Å².